The number of aromatic nitrogens is 2. The van der Waals surface area contributed by atoms with Gasteiger partial charge >= 0.3 is 5.63 Å². The molecule has 1 aliphatic rings. The van der Waals surface area contributed by atoms with E-state index in [0.29, 0.717) is 36.0 Å². The van der Waals surface area contributed by atoms with Gasteiger partial charge in [-0.1, -0.05) is 12.1 Å². The molecule has 29 heavy (non-hydrogen) atoms. The lowest BCUT2D eigenvalue weighted by atomic mass is 9.95. The summed E-state index contributed by atoms with van der Waals surface area (Å²) >= 11 is 0. The van der Waals surface area contributed by atoms with Gasteiger partial charge in [0.2, 0.25) is 5.89 Å². The Balaban J connectivity index is 0.00000300. The van der Waals surface area contributed by atoms with Crippen LogP contribution in [0.2, 0.25) is 0 Å². The first-order chi connectivity index (χ1) is 13.5. The smallest absolute Gasteiger partial charge is 0.349 e. The molecule has 8 nitrogen and oxygen atoms in total. The van der Waals surface area contributed by atoms with Crippen molar-refractivity contribution in [1.29, 1.82) is 0 Å². The quantitative estimate of drug-likeness (QED) is 0.729. The van der Waals surface area contributed by atoms with E-state index in [2.05, 4.69) is 15.5 Å². The van der Waals surface area contributed by atoms with E-state index in [1.165, 1.54) is 4.90 Å². The van der Waals surface area contributed by atoms with Crippen molar-refractivity contribution in [3.05, 3.63) is 45.1 Å². The molecule has 0 radical (unpaired) electrons. The van der Waals surface area contributed by atoms with Gasteiger partial charge in [0, 0.05) is 25.4 Å². The van der Waals surface area contributed by atoms with Crippen LogP contribution in [0.15, 0.2) is 19.8 Å². The summed E-state index contributed by atoms with van der Waals surface area (Å²) in [5, 5.41) is 7.25. The first-order valence-electron chi connectivity index (χ1n) is 9.99. The van der Waals surface area contributed by atoms with Gasteiger partial charge in [0.05, 0.1) is 6.54 Å². The zero-order chi connectivity index (χ0) is 20.1. The Hall–Kier alpha value is -2.19. The summed E-state index contributed by atoms with van der Waals surface area (Å²) in [5.41, 5.74) is 0.135. The molecule has 1 fully saturated rings. The second-order valence-electron chi connectivity index (χ2n) is 7.21. The number of nitrogens with zero attached hydrogens (tertiary/aromatic N) is 3. The van der Waals surface area contributed by atoms with Gasteiger partial charge in [0.25, 0.3) is 5.91 Å². The van der Waals surface area contributed by atoms with E-state index in [9.17, 15) is 9.59 Å². The predicted molar refractivity (Wildman–Crippen MR) is 111 cm³/mol. The van der Waals surface area contributed by atoms with Crippen molar-refractivity contribution >= 4 is 18.3 Å². The van der Waals surface area contributed by atoms with Crippen LogP contribution in [0.25, 0.3) is 0 Å². The van der Waals surface area contributed by atoms with E-state index < -0.39 is 5.63 Å². The van der Waals surface area contributed by atoms with Crippen LogP contribution < -0.4 is 10.9 Å². The number of amides is 1. The summed E-state index contributed by atoms with van der Waals surface area (Å²) in [6, 6.07) is 1.83. The molecule has 9 heteroatoms. The van der Waals surface area contributed by atoms with E-state index >= 15 is 0 Å². The van der Waals surface area contributed by atoms with E-state index in [4.69, 9.17) is 8.94 Å². The predicted octanol–water partition coefficient (Wildman–Crippen LogP) is 2.83. The van der Waals surface area contributed by atoms with Crippen molar-refractivity contribution in [1.82, 2.24) is 20.4 Å². The summed E-state index contributed by atoms with van der Waals surface area (Å²) < 4.78 is 10.7. The first-order valence-corrected chi connectivity index (χ1v) is 9.99. The minimum absolute atomic E-state index is 0. The molecule has 0 bridgehead atoms. The SMILES string of the molecule is CCCc1nc(CN(CC)C(=O)c2c(C)cc(C3CCCNC3)oc2=O)no1.Cl. The third kappa shape index (κ3) is 5.45. The molecule has 0 aliphatic carbocycles. The summed E-state index contributed by atoms with van der Waals surface area (Å²) in [4.78, 5) is 31.5. The zero-order valence-electron chi connectivity index (χ0n) is 17.2. The van der Waals surface area contributed by atoms with Crippen molar-refractivity contribution in [2.24, 2.45) is 0 Å². The molecule has 1 amide bonds. The second-order valence-corrected chi connectivity index (χ2v) is 7.21. The van der Waals surface area contributed by atoms with E-state index in [-0.39, 0.29) is 36.3 Å². The number of hydrogen-bond donors (Lipinski definition) is 1. The molecule has 0 aromatic carbocycles. The Bertz CT molecular complexity index is 874. The maximum Gasteiger partial charge on any atom is 0.349 e. The van der Waals surface area contributed by atoms with Crippen LogP contribution in [0.3, 0.4) is 0 Å². The molecule has 1 aliphatic heterocycles. The highest BCUT2D eigenvalue weighted by atomic mass is 35.5. The lowest BCUT2D eigenvalue weighted by Gasteiger charge is -2.23. The van der Waals surface area contributed by atoms with Crippen molar-refractivity contribution < 1.29 is 13.7 Å². The Kier molecular flexibility index (Phi) is 8.40. The molecule has 160 valence electrons. The molecule has 0 spiro atoms. The number of hydrogen-bond acceptors (Lipinski definition) is 7. The van der Waals surface area contributed by atoms with Crippen molar-refractivity contribution in [2.75, 3.05) is 19.6 Å². The Labute approximate surface area is 176 Å². The molecular formula is C20H29ClN4O4. The minimum atomic E-state index is -0.580. The lowest BCUT2D eigenvalue weighted by Crippen LogP contribution is -2.35. The molecule has 0 saturated carbocycles. The van der Waals surface area contributed by atoms with E-state index in [1.807, 2.05) is 19.9 Å². The first kappa shape index (κ1) is 23.1. The molecule has 1 atom stereocenters. The molecular weight excluding hydrogens is 396 g/mol. The van der Waals surface area contributed by atoms with Crippen molar-refractivity contribution in [2.45, 2.75) is 58.9 Å². The topological polar surface area (TPSA) is 101 Å². The highest BCUT2D eigenvalue weighted by Gasteiger charge is 2.26. The zero-order valence-corrected chi connectivity index (χ0v) is 18.0. The number of rotatable bonds is 7. The van der Waals surface area contributed by atoms with Gasteiger partial charge in [-0.15, -0.1) is 12.4 Å². The highest BCUT2D eigenvalue weighted by Crippen LogP contribution is 2.24. The Morgan fingerprint density at radius 2 is 2.17 bits per heavy atom. The second kappa shape index (κ2) is 10.5. The van der Waals surface area contributed by atoms with Gasteiger partial charge in [-0.05, 0) is 51.3 Å². The number of aryl methyl sites for hydroxylation is 2. The van der Waals surface area contributed by atoms with E-state index in [0.717, 1.165) is 32.4 Å². The summed E-state index contributed by atoms with van der Waals surface area (Å²) in [7, 11) is 0. The number of nitrogens with one attached hydrogen (secondary N) is 1. The standard InChI is InChI=1S/C20H28N4O4.ClH/c1-4-7-17-22-16(23-28-17)12-24(5-2)19(25)18-13(3)10-15(27-20(18)26)14-8-6-9-21-11-14;/h10,14,21H,4-9,11-12H2,1-3H3;1H. The molecule has 1 saturated heterocycles. The normalized spacial score (nSPS) is 16.3. The van der Waals surface area contributed by atoms with Crippen LogP contribution >= 0.6 is 12.4 Å². The van der Waals surface area contributed by atoms with Crippen LogP contribution in [-0.2, 0) is 13.0 Å². The third-order valence-electron chi connectivity index (χ3n) is 5.06. The summed E-state index contributed by atoms with van der Waals surface area (Å²) in [5.74, 6) is 1.44. The lowest BCUT2D eigenvalue weighted by molar-refractivity contribution is 0.0741. The van der Waals surface area contributed by atoms with Gasteiger partial charge in [0.15, 0.2) is 5.82 Å². The fraction of sp³-hybridized carbons (Fsp3) is 0.600. The van der Waals surface area contributed by atoms with Gasteiger partial charge < -0.3 is 19.2 Å². The van der Waals surface area contributed by atoms with Gasteiger partial charge in [0.1, 0.15) is 11.3 Å². The average Bonchev–Trinajstić information content (AvgIpc) is 3.13. The van der Waals surface area contributed by atoms with Crippen LogP contribution in [0.4, 0.5) is 0 Å². The molecule has 2 aromatic heterocycles. The van der Waals surface area contributed by atoms with Crippen LogP contribution in [0, 0.1) is 6.92 Å². The molecule has 1 unspecified atom stereocenters. The summed E-state index contributed by atoms with van der Waals surface area (Å²) in [6.45, 7) is 8.04. The van der Waals surface area contributed by atoms with Gasteiger partial charge in [-0.2, -0.15) is 4.98 Å². The average molecular weight is 425 g/mol. The monoisotopic (exact) mass is 424 g/mol. The highest BCUT2D eigenvalue weighted by molar-refractivity contribution is 5.95. The maximum atomic E-state index is 13.0. The fourth-order valence-corrected chi connectivity index (χ4v) is 3.51. The number of halogens is 1. The van der Waals surface area contributed by atoms with Crippen molar-refractivity contribution in [3.63, 3.8) is 0 Å². The van der Waals surface area contributed by atoms with Crippen LogP contribution in [-0.4, -0.2) is 40.6 Å². The van der Waals surface area contributed by atoms with Gasteiger partial charge in [-0.25, -0.2) is 4.79 Å². The Morgan fingerprint density at radius 1 is 1.38 bits per heavy atom. The Morgan fingerprint density at radius 3 is 2.79 bits per heavy atom. The largest absolute Gasteiger partial charge is 0.427 e. The van der Waals surface area contributed by atoms with Crippen LogP contribution in [0.1, 0.15) is 72.4 Å². The van der Waals surface area contributed by atoms with Crippen LogP contribution in [0.5, 0.6) is 0 Å². The van der Waals surface area contributed by atoms with Crippen molar-refractivity contribution in [3.8, 4) is 0 Å². The maximum absolute atomic E-state index is 13.0. The fourth-order valence-electron chi connectivity index (χ4n) is 3.51. The number of piperidine rings is 1. The molecule has 2 aromatic rings. The number of carbonyl (C=O) groups is 1. The van der Waals surface area contributed by atoms with E-state index in [1.54, 1.807) is 6.92 Å². The molecule has 1 N–H and O–H groups in total. The number of carbonyl (C=O) groups excluding carboxylic acids is 1. The molecule has 3 rings (SSSR count). The molecule has 3 heterocycles. The van der Waals surface area contributed by atoms with Gasteiger partial charge in [-0.3, -0.25) is 4.79 Å². The minimum Gasteiger partial charge on any atom is -0.427 e. The summed E-state index contributed by atoms with van der Waals surface area (Å²) in [6.07, 6.45) is 3.62. The third-order valence-corrected chi connectivity index (χ3v) is 5.06.